The molecule has 134 valence electrons. The zero-order valence-corrected chi connectivity index (χ0v) is 16.7. The normalized spacial score (nSPS) is 24.0. The van der Waals surface area contributed by atoms with Crippen molar-refractivity contribution in [3.63, 3.8) is 0 Å². The van der Waals surface area contributed by atoms with Gasteiger partial charge in [0, 0.05) is 32.2 Å². The number of halogens is 1. The summed E-state index contributed by atoms with van der Waals surface area (Å²) in [5, 5.41) is 9.53. The Hall–Kier alpha value is -0.570. The summed E-state index contributed by atoms with van der Waals surface area (Å²) < 4.78 is 5.75. The van der Waals surface area contributed by atoms with Gasteiger partial charge in [-0.15, -0.1) is 24.0 Å². The van der Waals surface area contributed by atoms with Crippen LogP contribution >= 0.6 is 24.0 Å². The van der Waals surface area contributed by atoms with Crippen LogP contribution in [0.2, 0.25) is 0 Å². The van der Waals surface area contributed by atoms with Crippen LogP contribution in [-0.2, 0) is 9.53 Å². The number of hydrogen-bond acceptors (Lipinski definition) is 3. The van der Waals surface area contributed by atoms with E-state index in [-0.39, 0.29) is 35.5 Å². The Kier molecular flexibility index (Phi) is 9.19. The molecule has 1 saturated carbocycles. The van der Waals surface area contributed by atoms with Crippen LogP contribution in [0.4, 0.5) is 0 Å². The summed E-state index contributed by atoms with van der Waals surface area (Å²) in [5.74, 6) is 0.972. The lowest BCUT2D eigenvalue weighted by Gasteiger charge is -2.21. The predicted octanol–water partition coefficient (Wildman–Crippen LogP) is 1.79. The summed E-state index contributed by atoms with van der Waals surface area (Å²) >= 11 is 0. The number of amides is 1. The number of nitrogens with zero attached hydrogens (tertiary/aromatic N) is 1. The van der Waals surface area contributed by atoms with E-state index >= 15 is 0 Å². The van der Waals surface area contributed by atoms with E-state index in [2.05, 4.69) is 27.9 Å². The molecule has 0 spiro atoms. The predicted molar refractivity (Wildman–Crippen MR) is 103 cm³/mol. The molecule has 0 aromatic rings. The Labute approximate surface area is 156 Å². The number of carbonyl (C=O) groups is 1. The number of aliphatic imine (C=N–C) groups is 1. The van der Waals surface area contributed by atoms with Gasteiger partial charge in [-0.1, -0.05) is 0 Å². The van der Waals surface area contributed by atoms with Gasteiger partial charge in [0.15, 0.2) is 5.96 Å². The topological polar surface area (TPSA) is 74.8 Å². The van der Waals surface area contributed by atoms with E-state index in [0.29, 0.717) is 19.0 Å². The molecule has 6 nitrogen and oxygen atoms in total. The van der Waals surface area contributed by atoms with Crippen LogP contribution in [0, 0.1) is 0 Å². The number of hydrogen-bond donors (Lipinski definition) is 3. The first kappa shape index (κ1) is 20.5. The van der Waals surface area contributed by atoms with Gasteiger partial charge in [0.2, 0.25) is 5.91 Å². The molecule has 23 heavy (non-hydrogen) atoms. The van der Waals surface area contributed by atoms with Gasteiger partial charge in [-0.25, -0.2) is 0 Å². The van der Waals surface area contributed by atoms with E-state index in [1.54, 1.807) is 0 Å². The monoisotopic (exact) mass is 438 g/mol. The molecule has 2 aliphatic rings. The van der Waals surface area contributed by atoms with Crippen LogP contribution in [0.3, 0.4) is 0 Å². The van der Waals surface area contributed by atoms with E-state index in [4.69, 9.17) is 4.74 Å². The Balaban J connectivity index is 0.00000264. The highest BCUT2D eigenvalue weighted by atomic mass is 127. The number of carbonyl (C=O) groups excluding carboxylic acids is 1. The summed E-state index contributed by atoms with van der Waals surface area (Å²) in [4.78, 5) is 16.2. The second-order valence-corrected chi connectivity index (χ2v) is 6.47. The smallest absolute Gasteiger partial charge is 0.220 e. The molecule has 1 unspecified atom stereocenters. The van der Waals surface area contributed by atoms with Crippen molar-refractivity contribution in [2.24, 2.45) is 4.99 Å². The van der Waals surface area contributed by atoms with Crippen LogP contribution in [0.25, 0.3) is 0 Å². The first-order chi connectivity index (χ1) is 10.6. The molecule has 7 heteroatoms. The van der Waals surface area contributed by atoms with Gasteiger partial charge in [-0.05, 0) is 46.0 Å². The quantitative estimate of drug-likeness (QED) is 0.234. The number of guanidine groups is 1. The Morgan fingerprint density at radius 2 is 2.13 bits per heavy atom. The molecule has 2 rings (SSSR count). The highest BCUT2D eigenvalue weighted by molar-refractivity contribution is 14.0. The average Bonchev–Trinajstić information content (AvgIpc) is 3.19. The molecule has 0 radical (unpaired) electrons. The summed E-state index contributed by atoms with van der Waals surface area (Å²) in [6.45, 7) is 7.26. The van der Waals surface area contributed by atoms with E-state index in [0.717, 1.165) is 57.8 Å². The summed E-state index contributed by atoms with van der Waals surface area (Å²) in [5.41, 5.74) is -0.119. The first-order valence-electron chi connectivity index (χ1n) is 8.57. The lowest BCUT2D eigenvalue weighted by Crippen LogP contribution is -2.40. The molecule has 1 aliphatic heterocycles. The minimum Gasteiger partial charge on any atom is -0.373 e. The van der Waals surface area contributed by atoms with Crippen molar-refractivity contribution in [2.45, 2.75) is 64.0 Å². The van der Waals surface area contributed by atoms with Crippen molar-refractivity contribution in [1.29, 1.82) is 0 Å². The molecular formula is C16H31IN4O2. The lowest BCUT2D eigenvalue weighted by atomic mass is 10.0. The molecule has 2 fully saturated rings. The first-order valence-corrected chi connectivity index (χ1v) is 8.57. The minimum atomic E-state index is -0.119. The number of ether oxygens (including phenoxy) is 1. The van der Waals surface area contributed by atoms with Gasteiger partial charge in [0.05, 0.1) is 12.1 Å². The second-order valence-electron chi connectivity index (χ2n) is 6.47. The van der Waals surface area contributed by atoms with Crippen molar-refractivity contribution >= 4 is 35.8 Å². The zero-order valence-electron chi connectivity index (χ0n) is 14.3. The standard InChI is InChI=1S/C16H30N4O2.HI/c1-3-17-15(19-12-16(2)9-5-11-22-16)18-10-4-6-14(21)20-13-7-8-13;/h13H,3-12H2,1-2H3,(H,20,21)(H2,17,18,19);1H. The van der Waals surface area contributed by atoms with E-state index < -0.39 is 0 Å². The molecule has 1 heterocycles. The Morgan fingerprint density at radius 3 is 2.74 bits per heavy atom. The third kappa shape index (κ3) is 8.19. The molecule has 1 atom stereocenters. The average molecular weight is 438 g/mol. The van der Waals surface area contributed by atoms with Crippen molar-refractivity contribution in [1.82, 2.24) is 16.0 Å². The van der Waals surface area contributed by atoms with Gasteiger partial charge in [0.25, 0.3) is 0 Å². The lowest BCUT2D eigenvalue weighted by molar-refractivity contribution is -0.121. The van der Waals surface area contributed by atoms with Crippen LogP contribution in [0.5, 0.6) is 0 Å². The van der Waals surface area contributed by atoms with Gasteiger partial charge in [-0.3, -0.25) is 9.79 Å². The van der Waals surface area contributed by atoms with Crippen LogP contribution in [0.15, 0.2) is 4.99 Å². The van der Waals surface area contributed by atoms with Crippen LogP contribution in [0.1, 0.15) is 52.4 Å². The maximum Gasteiger partial charge on any atom is 0.220 e. The van der Waals surface area contributed by atoms with Crippen molar-refractivity contribution in [2.75, 3.05) is 26.2 Å². The van der Waals surface area contributed by atoms with E-state index in [9.17, 15) is 4.79 Å². The van der Waals surface area contributed by atoms with Gasteiger partial charge in [0.1, 0.15) is 0 Å². The van der Waals surface area contributed by atoms with Gasteiger partial charge < -0.3 is 20.7 Å². The summed E-state index contributed by atoms with van der Waals surface area (Å²) in [7, 11) is 0. The van der Waals surface area contributed by atoms with Gasteiger partial charge >= 0.3 is 0 Å². The fourth-order valence-electron chi connectivity index (χ4n) is 2.53. The molecular weight excluding hydrogens is 407 g/mol. The SMILES string of the molecule is CCNC(=NCC1(C)CCCO1)NCCCC(=O)NC1CC1.I. The van der Waals surface area contributed by atoms with E-state index in [1.165, 1.54) is 0 Å². The van der Waals surface area contributed by atoms with Crippen LogP contribution in [-0.4, -0.2) is 49.8 Å². The van der Waals surface area contributed by atoms with Crippen molar-refractivity contribution < 1.29 is 9.53 Å². The summed E-state index contributed by atoms with van der Waals surface area (Å²) in [6.07, 6.45) is 5.86. The molecule has 1 saturated heterocycles. The molecule has 1 amide bonds. The molecule has 1 aliphatic carbocycles. The molecule has 0 aromatic carbocycles. The van der Waals surface area contributed by atoms with Gasteiger partial charge in [-0.2, -0.15) is 0 Å². The summed E-state index contributed by atoms with van der Waals surface area (Å²) in [6, 6.07) is 0.450. The molecule has 0 aromatic heterocycles. The Morgan fingerprint density at radius 1 is 1.35 bits per heavy atom. The largest absolute Gasteiger partial charge is 0.373 e. The minimum absolute atomic E-state index is 0. The number of nitrogens with one attached hydrogen (secondary N) is 3. The second kappa shape index (κ2) is 10.3. The highest BCUT2D eigenvalue weighted by Crippen LogP contribution is 2.24. The maximum atomic E-state index is 11.6. The van der Waals surface area contributed by atoms with E-state index in [1.807, 2.05) is 6.92 Å². The third-order valence-electron chi connectivity index (χ3n) is 4.03. The maximum absolute atomic E-state index is 11.6. The highest BCUT2D eigenvalue weighted by Gasteiger charge is 2.29. The fraction of sp³-hybridized carbons (Fsp3) is 0.875. The molecule has 0 bridgehead atoms. The number of rotatable bonds is 8. The van der Waals surface area contributed by atoms with Crippen molar-refractivity contribution in [3.05, 3.63) is 0 Å². The van der Waals surface area contributed by atoms with Crippen LogP contribution < -0.4 is 16.0 Å². The Bertz CT molecular complexity index is 394. The zero-order chi connectivity index (χ0) is 15.8. The fourth-order valence-corrected chi connectivity index (χ4v) is 2.53. The third-order valence-corrected chi connectivity index (χ3v) is 4.03. The van der Waals surface area contributed by atoms with Crippen molar-refractivity contribution in [3.8, 4) is 0 Å². The molecule has 3 N–H and O–H groups in total.